The minimum Gasteiger partial charge on any atom is -0.350 e. The number of rotatable bonds is 5. The van der Waals surface area contributed by atoms with E-state index in [9.17, 15) is 14.4 Å². The molecule has 1 aliphatic heterocycles. The van der Waals surface area contributed by atoms with Gasteiger partial charge in [0.05, 0.1) is 6.54 Å². The van der Waals surface area contributed by atoms with E-state index in [1.165, 1.54) is 15.2 Å². The summed E-state index contributed by atoms with van der Waals surface area (Å²) in [7, 11) is 1.63. The third kappa shape index (κ3) is 3.15. The standard InChI is InChI=1S/C22H23ClN6O3/c1-3-17(30)24-14-10-15(11-14)27-8-9-28-18-19(25-21(27)28)26(2)22(32)29(20(18)31)12-13-6-4-5-7-16(13)23/h3-7,14-15H,1,8-12H2,2H3,(H,24,30). The van der Waals surface area contributed by atoms with Crippen LogP contribution in [-0.4, -0.2) is 43.2 Å². The van der Waals surface area contributed by atoms with Crippen molar-refractivity contribution >= 4 is 34.6 Å². The topological polar surface area (TPSA) is 94.2 Å². The number of anilines is 1. The Morgan fingerprint density at radius 2 is 2.03 bits per heavy atom. The molecule has 166 valence electrons. The van der Waals surface area contributed by atoms with Crippen molar-refractivity contribution < 1.29 is 4.79 Å². The number of amides is 1. The normalized spacial score (nSPS) is 19.6. The van der Waals surface area contributed by atoms with E-state index in [2.05, 4.69) is 21.8 Å². The molecular weight excluding hydrogens is 432 g/mol. The van der Waals surface area contributed by atoms with Crippen LogP contribution in [0.1, 0.15) is 18.4 Å². The summed E-state index contributed by atoms with van der Waals surface area (Å²) in [6.07, 6.45) is 2.88. The van der Waals surface area contributed by atoms with Crippen molar-refractivity contribution in [3.8, 4) is 0 Å². The Bertz CT molecular complexity index is 1360. The van der Waals surface area contributed by atoms with E-state index in [1.807, 2.05) is 16.7 Å². The number of benzene rings is 1. The second kappa shape index (κ2) is 7.67. The monoisotopic (exact) mass is 454 g/mol. The van der Waals surface area contributed by atoms with Gasteiger partial charge in [-0.15, -0.1) is 0 Å². The van der Waals surface area contributed by atoms with Crippen LogP contribution in [0.15, 0.2) is 46.5 Å². The summed E-state index contributed by atoms with van der Waals surface area (Å²) >= 11 is 6.26. The molecule has 0 spiro atoms. The van der Waals surface area contributed by atoms with E-state index in [0.717, 1.165) is 19.4 Å². The second-order valence-electron chi connectivity index (χ2n) is 8.29. The lowest BCUT2D eigenvalue weighted by molar-refractivity contribution is -0.117. The number of hydrogen-bond donors (Lipinski definition) is 1. The number of halogens is 1. The van der Waals surface area contributed by atoms with Gasteiger partial charge in [0.25, 0.3) is 5.56 Å². The Balaban J connectivity index is 1.50. The van der Waals surface area contributed by atoms with Crippen molar-refractivity contribution in [1.82, 2.24) is 24.0 Å². The van der Waals surface area contributed by atoms with Gasteiger partial charge in [0, 0.05) is 37.2 Å². The molecule has 1 aromatic carbocycles. The first-order chi connectivity index (χ1) is 15.4. The van der Waals surface area contributed by atoms with Gasteiger partial charge in [-0.25, -0.2) is 4.79 Å². The lowest BCUT2D eigenvalue weighted by atomic mass is 9.85. The van der Waals surface area contributed by atoms with Gasteiger partial charge in [0.15, 0.2) is 11.2 Å². The Morgan fingerprint density at radius 3 is 2.75 bits per heavy atom. The van der Waals surface area contributed by atoms with Gasteiger partial charge >= 0.3 is 5.69 Å². The van der Waals surface area contributed by atoms with Crippen molar-refractivity contribution in [3.05, 3.63) is 68.3 Å². The molecule has 1 N–H and O–H groups in total. The summed E-state index contributed by atoms with van der Waals surface area (Å²) < 4.78 is 4.53. The summed E-state index contributed by atoms with van der Waals surface area (Å²) in [6, 6.07) is 7.52. The van der Waals surface area contributed by atoms with Crippen LogP contribution in [0.5, 0.6) is 0 Å². The van der Waals surface area contributed by atoms with Gasteiger partial charge in [-0.1, -0.05) is 36.4 Å². The van der Waals surface area contributed by atoms with E-state index < -0.39 is 5.69 Å². The predicted octanol–water partition coefficient (Wildman–Crippen LogP) is 1.25. The maximum absolute atomic E-state index is 13.4. The van der Waals surface area contributed by atoms with Gasteiger partial charge in [0.1, 0.15) is 0 Å². The highest BCUT2D eigenvalue weighted by molar-refractivity contribution is 6.31. The molecule has 0 saturated heterocycles. The van der Waals surface area contributed by atoms with Crippen LogP contribution in [0.3, 0.4) is 0 Å². The van der Waals surface area contributed by atoms with Crippen LogP contribution >= 0.6 is 11.6 Å². The zero-order valence-electron chi connectivity index (χ0n) is 17.6. The predicted molar refractivity (Wildman–Crippen MR) is 122 cm³/mol. The molecule has 10 heteroatoms. The van der Waals surface area contributed by atoms with Crippen molar-refractivity contribution in [2.45, 2.75) is 38.0 Å². The van der Waals surface area contributed by atoms with Gasteiger partial charge in [-0.3, -0.25) is 18.7 Å². The first-order valence-corrected chi connectivity index (χ1v) is 10.9. The molecule has 1 fully saturated rings. The molecule has 1 aliphatic carbocycles. The fourth-order valence-electron chi connectivity index (χ4n) is 4.60. The average molecular weight is 455 g/mol. The first kappa shape index (κ1) is 20.6. The van der Waals surface area contributed by atoms with E-state index in [1.54, 1.807) is 19.2 Å². The molecule has 1 amide bonds. The number of carbonyl (C=O) groups is 1. The van der Waals surface area contributed by atoms with Crippen LogP contribution in [0.4, 0.5) is 5.95 Å². The zero-order chi connectivity index (χ0) is 22.6. The quantitative estimate of drug-likeness (QED) is 0.585. The minimum atomic E-state index is -0.429. The number of imidazole rings is 1. The first-order valence-electron chi connectivity index (χ1n) is 10.5. The molecule has 5 rings (SSSR count). The summed E-state index contributed by atoms with van der Waals surface area (Å²) in [5.41, 5.74) is 0.714. The second-order valence-corrected chi connectivity index (χ2v) is 8.70. The third-order valence-corrected chi connectivity index (χ3v) is 6.77. The number of fused-ring (bicyclic) bond motifs is 3. The minimum absolute atomic E-state index is 0.0959. The zero-order valence-corrected chi connectivity index (χ0v) is 18.4. The van der Waals surface area contributed by atoms with E-state index in [4.69, 9.17) is 11.6 Å². The fraction of sp³-hybridized carbons (Fsp3) is 0.364. The molecule has 3 heterocycles. The maximum Gasteiger partial charge on any atom is 0.332 e. The van der Waals surface area contributed by atoms with Crippen LogP contribution in [0.25, 0.3) is 11.2 Å². The molecule has 9 nitrogen and oxygen atoms in total. The highest BCUT2D eigenvalue weighted by Crippen LogP contribution is 2.34. The summed E-state index contributed by atoms with van der Waals surface area (Å²) in [6.45, 7) is 4.93. The van der Waals surface area contributed by atoms with Gasteiger partial charge < -0.3 is 14.8 Å². The van der Waals surface area contributed by atoms with Crippen LogP contribution in [-0.2, 0) is 24.9 Å². The van der Waals surface area contributed by atoms with E-state index in [-0.39, 0.29) is 30.1 Å². The molecule has 0 radical (unpaired) electrons. The molecule has 3 aromatic rings. The summed E-state index contributed by atoms with van der Waals surface area (Å²) in [5.74, 6) is 0.525. The fourth-order valence-corrected chi connectivity index (χ4v) is 4.80. The molecule has 2 aliphatic rings. The SMILES string of the molecule is C=CC(=O)NC1CC(N2CCn3c2nc2c3c(=O)n(Cc3ccccc3Cl)c(=O)n2C)C1. The molecule has 0 unspecified atom stereocenters. The van der Waals surface area contributed by atoms with Crippen LogP contribution < -0.4 is 21.5 Å². The van der Waals surface area contributed by atoms with E-state index >= 15 is 0 Å². The largest absolute Gasteiger partial charge is 0.350 e. The van der Waals surface area contributed by atoms with Gasteiger partial charge in [0.2, 0.25) is 11.9 Å². The average Bonchev–Trinajstić information content (AvgIpc) is 3.32. The van der Waals surface area contributed by atoms with Crippen molar-refractivity contribution in [3.63, 3.8) is 0 Å². The third-order valence-electron chi connectivity index (χ3n) is 6.41. The number of aromatic nitrogens is 4. The van der Waals surface area contributed by atoms with Crippen molar-refractivity contribution in [1.29, 1.82) is 0 Å². The number of aryl methyl sites for hydroxylation is 1. The van der Waals surface area contributed by atoms with Crippen molar-refractivity contribution in [2.24, 2.45) is 7.05 Å². The Labute approximate surface area is 188 Å². The number of carbonyl (C=O) groups excluding carboxylic acids is 1. The van der Waals surface area contributed by atoms with E-state index in [0.29, 0.717) is 34.2 Å². The van der Waals surface area contributed by atoms with Gasteiger partial charge in [-0.05, 0) is 30.5 Å². The number of hydrogen-bond acceptors (Lipinski definition) is 5. The summed E-state index contributed by atoms with van der Waals surface area (Å²) in [4.78, 5) is 44.7. The van der Waals surface area contributed by atoms with Crippen LogP contribution in [0, 0.1) is 0 Å². The Hall–Kier alpha value is -3.33. The Morgan fingerprint density at radius 1 is 1.28 bits per heavy atom. The molecule has 32 heavy (non-hydrogen) atoms. The van der Waals surface area contributed by atoms with Crippen molar-refractivity contribution in [2.75, 3.05) is 11.4 Å². The number of nitrogens with zero attached hydrogens (tertiary/aromatic N) is 5. The molecule has 1 saturated carbocycles. The lowest BCUT2D eigenvalue weighted by Gasteiger charge is -2.41. The molecule has 0 atom stereocenters. The van der Waals surface area contributed by atoms with Crippen LogP contribution in [0.2, 0.25) is 5.02 Å². The molecule has 2 aromatic heterocycles. The molecular formula is C22H23ClN6O3. The summed E-state index contributed by atoms with van der Waals surface area (Å²) in [5, 5.41) is 3.42. The number of nitrogens with one attached hydrogen (secondary N) is 1. The smallest absolute Gasteiger partial charge is 0.332 e. The lowest BCUT2D eigenvalue weighted by Crippen LogP contribution is -2.53. The molecule has 0 bridgehead atoms. The maximum atomic E-state index is 13.4. The highest BCUT2D eigenvalue weighted by Gasteiger charge is 2.39. The Kier molecular flexibility index (Phi) is 4.93. The van der Waals surface area contributed by atoms with Gasteiger partial charge in [-0.2, -0.15) is 4.98 Å². The highest BCUT2D eigenvalue weighted by atomic mass is 35.5.